The summed E-state index contributed by atoms with van der Waals surface area (Å²) in [6.45, 7) is 1.83. The van der Waals surface area contributed by atoms with Crippen molar-refractivity contribution < 1.29 is 8.42 Å². The molecule has 0 aliphatic rings. The molecule has 3 nitrogen and oxygen atoms in total. The second-order valence-corrected chi connectivity index (χ2v) is 5.91. The number of nitrogens with zero attached hydrogens (tertiary/aromatic N) is 1. The van der Waals surface area contributed by atoms with Crippen molar-refractivity contribution in [3.63, 3.8) is 0 Å². The summed E-state index contributed by atoms with van der Waals surface area (Å²) in [4.78, 5) is -0.151. The summed E-state index contributed by atoms with van der Waals surface area (Å²) in [5.41, 5.74) is 1.49. The van der Waals surface area contributed by atoms with Gasteiger partial charge in [-0.25, -0.2) is 8.42 Å². The third-order valence-electron chi connectivity index (χ3n) is 2.24. The second kappa shape index (κ2) is 5.05. The molecule has 0 heterocycles. The Morgan fingerprint density at radius 2 is 2.06 bits per heavy atom. The smallest absolute Gasteiger partial charge is 0.207 e. The molecule has 0 spiro atoms. The van der Waals surface area contributed by atoms with Gasteiger partial charge in [0.25, 0.3) is 9.05 Å². The molecule has 0 atom stereocenters. The summed E-state index contributed by atoms with van der Waals surface area (Å²) >= 11 is 5.71. The van der Waals surface area contributed by atoms with E-state index >= 15 is 0 Å². The molecule has 0 aliphatic carbocycles. The van der Waals surface area contributed by atoms with Crippen molar-refractivity contribution >= 4 is 31.3 Å². The highest BCUT2D eigenvalue weighted by Gasteiger charge is 2.19. The SMILES string of the molecule is CCc1c(CCl)ccc(S(=O)(=O)Cl)c1C#N. The third kappa shape index (κ3) is 2.49. The summed E-state index contributed by atoms with van der Waals surface area (Å²) < 4.78 is 22.5. The third-order valence-corrected chi connectivity index (χ3v) is 3.90. The normalized spacial score (nSPS) is 11.1. The van der Waals surface area contributed by atoms with Crippen molar-refractivity contribution in [1.82, 2.24) is 0 Å². The standard InChI is InChI=1S/C10H9Cl2NO2S/c1-2-8-7(5-11)3-4-10(9(8)6-13)16(12,14)15/h3-4H,2,5H2,1H3. The molecule has 0 saturated heterocycles. The van der Waals surface area contributed by atoms with Gasteiger partial charge in [0, 0.05) is 16.6 Å². The van der Waals surface area contributed by atoms with Crippen LogP contribution in [0.2, 0.25) is 0 Å². The fourth-order valence-corrected chi connectivity index (χ4v) is 2.80. The van der Waals surface area contributed by atoms with Gasteiger partial charge in [-0.1, -0.05) is 13.0 Å². The van der Waals surface area contributed by atoms with Crippen molar-refractivity contribution in [2.75, 3.05) is 0 Å². The molecule has 1 aromatic rings. The van der Waals surface area contributed by atoms with Gasteiger partial charge in [0.1, 0.15) is 11.0 Å². The molecule has 0 N–H and O–H groups in total. The number of nitriles is 1. The molecule has 0 saturated carbocycles. The predicted molar refractivity (Wildman–Crippen MR) is 63.1 cm³/mol. The first-order valence-corrected chi connectivity index (χ1v) is 7.35. The first kappa shape index (κ1) is 13.3. The Morgan fingerprint density at radius 3 is 2.44 bits per heavy atom. The highest BCUT2D eigenvalue weighted by atomic mass is 35.7. The minimum atomic E-state index is -3.90. The van der Waals surface area contributed by atoms with Gasteiger partial charge in [-0.15, -0.1) is 11.6 Å². The molecule has 0 bridgehead atoms. The number of hydrogen-bond acceptors (Lipinski definition) is 3. The molecule has 86 valence electrons. The highest BCUT2D eigenvalue weighted by molar-refractivity contribution is 8.13. The molecule has 6 heteroatoms. The molecule has 1 aromatic carbocycles. The molecule has 16 heavy (non-hydrogen) atoms. The van der Waals surface area contributed by atoms with Gasteiger partial charge >= 0.3 is 0 Å². The number of halogens is 2. The maximum absolute atomic E-state index is 11.3. The molecule has 0 fully saturated rings. The van der Waals surface area contributed by atoms with Gasteiger partial charge in [0.2, 0.25) is 0 Å². The predicted octanol–water partition coefficient (Wildman–Crippen LogP) is 2.79. The first-order chi connectivity index (χ1) is 7.45. The number of rotatable bonds is 3. The Hall–Kier alpha value is -0.760. The fraction of sp³-hybridized carbons (Fsp3) is 0.300. The lowest BCUT2D eigenvalue weighted by Crippen LogP contribution is -2.02. The Bertz CT molecular complexity index is 547. The van der Waals surface area contributed by atoms with E-state index in [-0.39, 0.29) is 16.3 Å². The van der Waals surface area contributed by atoms with Crippen molar-refractivity contribution in [3.05, 3.63) is 28.8 Å². The minimum absolute atomic E-state index is 0.0932. The van der Waals surface area contributed by atoms with Crippen LogP contribution in [-0.4, -0.2) is 8.42 Å². The van der Waals surface area contributed by atoms with E-state index in [4.69, 9.17) is 27.5 Å². The van der Waals surface area contributed by atoms with Crippen molar-refractivity contribution in [3.8, 4) is 6.07 Å². The van der Waals surface area contributed by atoms with Crippen LogP contribution in [0.25, 0.3) is 0 Å². The molecule has 0 unspecified atom stereocenters. The lowest BCUT2D eigenvalue weighted by Gasteiger charge is -2.09. The largest absolute Gasteiger partial charge is 0.262 e. The Morgan fingerprint density at radius 1 is 1.44 bits per heavy atom. The Balaban J connectivity index is 3.65. The van der Waals surface area contributed by atoms with Crippen LogP contribution in [0, 0.1) is 11.3 Å². The maximum atomic E-state index is 11.3. The number of benzene rings is 1. The minimum Gasteiger partial charge on any atom is -0.207 e. The Kier molecular flexibility index (Phi) is 4.20. The maximum Gasteiger partial charge on any atom is 0.262 e. The summed E-state index contributed by atoms with van der Waals surface area (Å²) in [6, 6.07) is 4.78. The van der Waals surface area contributed by atoms with Crippen molar-refractivity contribution in [2.45, 2.75) is 24.1 Å². The molecular formula is C10H9Cl2NO2S. The van der Waals surface area contributed by atoms with E-state index in [1.807, 2.05) is 13.0 Å². The second-order valence-electron chi connectivity index (χ2n) is 3.11. The van der Waals surface area contributed by atoms with Crippen LogP contribution >= 0.6 is 22.3 Å². The zero-order valence-corrected chi connectivity index (χ0v) is 10.8. The summed E-state index contributed by atoms with van der Waals surface area (Å²) in [6.07, 6.45) is 0.533. The van der Waals surface area contributed by atoms with Crippen LogP contribution in [0.5, 0.6) is 0 Å². The fourth-order valence-electron chi connectivity index (χ4n) is 1.52. The molecular weight excluding hydrogens is 269 g/mol. The van der Waals surface area contributed by atoms with Crippen LogP contribution in [0.1, 0.15) is 23.6 Å². The van der Waals surface area contributed by atoms with E-state index in [2.05, 4.69) is 0 Å². The van der Waals surface area contributed by atoms with Crippen LogP contribution in [-0.2, 0) is 21.4 Å². The van der Waals surface area contributed by atoms with Crippen molar-refractivity contribution in [1.29, 1.82) is 5.26 Å². The van der Waals surface area contributed by atoms with Crippen LogP contribution in [0.3, 0.4) is 0 Å². The quantitative estimate of drug-likeness (QED) is 0.631. The monoisotopic (exact) mass is 277 g/mol. The lowest BCUT2D eigenvalue weighted by atomic mass is 10.0. The molecule has 0 radical (unpaired) electrons. The Labute approximate surface area is 104 Å². The zero-order valence-electron chi connectivity index (χ0n) is 8.50. The van der Waals surface area contributed by atoms with Gasteiger partial charge in [0.05, 0.1) is 5.56 Å². The van der Waals surface area contributed by atoms with Gasteiger partial charge < -0.3 is 0 Å². The van der Waals surface area contributed by atoms with E-state index in [0.29, 0.717) is 12.0 Å². The molecule has 0 aromatic heterocycles. The van der Waals surface area contributed by atoms with Crippen LogP contribution in [0.15, 0.2) is 17.0 Å². The van der Waals surface area contributed by atoms with E-state index in [9.17, 15) is 8.42 Å². The average Bonchev–Trinajstić information content (AvgIpc) is 2.25. The van der Waals surface area contributed by atoms with Gasteiger partial charge in [-0.2, -0.15) is 5.26 Å². The summed E-state index contributed by atoms with van der Waals surface area (Å²) in [5.74, 6) is 0.237. The molecule has 1 rings (SSSR count). The van der Waals surface area contributed by atoms with Gasteiger partial charge in [0.15, 0.2) is 0 Å². The van der Waals surface area contributed by atoms with E-state index in [1.165, 1.54) is 6.07 Å². The average molecular weight is 278 g/mol. The van der Waals surface area contributed by atoms with Gasteiger partial charge in [-0.3, -0.25) is 0 Å². The lowest BCUT2D eigenvalue weighted by molar-refractivity contribution is 0.609. The molecule has 0 aliphatic heterocycles. The highest BCUT2D eigenvalue weighted by Crippen LogP contribution is 2.26. The van der Waals surface area contributed by atoms with E-state index in [0.717, 1.165) is 5.56 Å². The number of hydrogen-bond donors (Lipinski definition) is 0. The van der Waals surface area contributed by atoms with Crippen LogP contribution in [0.4, 0.5) is 0 Å². The topological polar surface area (TPSA) is 57.9 Å². The van der Waals surface area contributed by atoms with Gasteiger partial charge in [-0.05, 0) is 23.6 Å². The summed E-state index contributed by atoms with van der Waals surface area (Å²) in [5, 5.41) is 9.00. The summed E-state index contributed by atoms with van der Waals surface area (Å²) in [7, 11) is 1.36. The molecule has 0 amide bonds. The zero-order chi connectivity index (χ0) is 12.3. The first-order valence-electron chi connectivity index (χ1n) is 4.51. The number of alkyl halides is 1. The van der Waals surface area contributed by atoms with Crippen LogP contribution < -0.4 is 0 Å². The van der Waals surface area contributed by atoms with Crippen molar-refractivity contribution in [2.24, 2.45) is 0 Å². The van der Waals surface area contributed by atoms with E-state index in [1.54, 1.807) is 6.07 Å². The van der Waals surface area contributed by atoms with E-state index < -0.39 is 9.05 Å².